The molecular weight excluding hydrogens is 334 g/mol. The first-order valence-electron chi connectivity index (χ1n) is 8.80. The summed E-state index contributed by atoms with van der Waals surface area (Å²) in [5, 5.41) is 0. The van der Waals surface area contributed by atoms with Gasteiger partial charge in [0.15, 0.2) is 0 Å². The van der Waals surface area contributed by atoms with Gasteiger partial charge in [0, 0.05) is 56.7 Å². The van der Waals surface area contributed by atoms with Crippen molar-refractivity contribution < 1.29 is 14.3 Å². The maximum atomic E-state index is 12.7. The lowest BCUT2D eigenvalue weighted by Crippen LogP contribution is -2.35. The highest BCUT2D eigenvalue weighted by molar-refractivity contribution is 5.93. The van der Waals surface area contributed by atoms with E-state index >= 15 is 0 Å². The van der Waals surface area contributed by atoms with Crippen LogP contribution in [0.3, 0.4) is 0 Å². The molecule has 2 saturated heterocycles. The summed E-state index contributed by atoms with van der Waals surface area (Å²) < 4.78 is 11.0. The molecule has 0 atom stereocenters. The molecule has 0 aliphatic carbocycles. The van der Waals surface area contributed by atoms with Crippen molar-refractivity contribution in [3.8, 4) is 6.01 Å². The van der Waals surface area contributed by atoms with E-state index in [2.05, 4.69) is 19.9 Å². The van der Waals surface area contributed by atoms with Gasteiger partial charge in [-0.05, 0) is 24.7 Å². The Kier molecular flexibility index (Phi) is 4.75. The summed E-state index contributed by atoms with van der Waals surface area (Å²) >= 11 is 0. The van der Waals surface area contributed by atoms with Gasteiger partial charge in [0.1, 0.15) is 12.9 Å². The number of likely N-dealkylation sites (tertiary alicyclic amines) is 1. The molecule has 0 bridgehead atoms. The highest BCUT2D eigenvalue weighted by atomic mass is 16.5. The van der Waals surface area contributed by atoms with Crippen molar-refractivity contribution >= 4 is 5.91 Å². The van der Waals surface area contributed by atoms with Crippen LogP contribution in [0.15, 0.2) is 31.1 Å². The molecule has 1 spiro atoms. The molecule has 1 amide bonds. The van der Waals surface area contributed by atoms with E-state index in [0.29, 0.717) is 5.56 Å². The fourth-order valence-corrected chi connectivity index (χ4v) is 3.56. The fourth-order valence-electron chi connectivity index (χ4n) is 3.56. The Bertz CT molecular complexity index is 747. The van der Waals surface area contributed by atoms with Gasteiger partial charge >= 0.3 is 6.01 Å². The van der Waals surface area contributed by atoms with E-state index in [1.165, 1.54) is 18.7 Å². The Hall–Kier alpha value is -2.61. The second kappa shape index (κ2) is 7.33. The third-order valence-corrected chi connectivity index (χ3v) is 5.14. The van der Waals surface area contributed by atoms with Crippen molar-refractivity contribution in [2.24, 2.45) is 5.41 Å². The van der Waals surface area contributed by atoms with Crippen LogP contribution in [0.5, 0.6) is 6.01 Å². The topological polar surface area (TPSA) is 90.3 Å². The molecule has 2 aromatic rings. The predicted octanol–water partition coefficient (Wildman–Crippen LogP) is 1.49. The summed E-state index contributed by atoms with van der Waals surface area (Å²) in [5.41, 5.74) is 1.55. The van der Waals surface area contributed by atoms with Crippen LogP contribution in [0.2, 0.25) is 0 Å². The maximum Gasteiger partial charge on any atom is 0.316 e. The average molecular weight is 355 g/mol. The number of hydrogen-bond donors (Lipinski definition) is 0. The third-order valence-electron chi connectivity index (χ3n) is 5.14. The van der Waals surface area contributed by atoms with Crippen LogP contribution in [0.1, 0.15) is 35.2 Å². The molecule has 0 radical (unpaired) electrons. The van der Waals surface area contributed by atoms with Crippen LogP contribution in [-0.2, 0) is 11.3 Å². The van der Waals surface area contributed by atoms with E-state index in [4.69, 9.17) is 9.47 Å². The van der Waals surface area contributed by atoms with Crippen LogP contribution in [0.4, 0.5) is 0 Å². The lowest BCUT2D eigenvalue weighted by Gasteiger charge is -2.33. The van der Waals surface area contributed by atoms with Crippen molar-refractivity contribution in [3.05, 3.63) is 42.2 Å². The Morgan fingerprint density at radius 3 is 2.58 bits per heavy atom. The summed E-state index contributed by atoms with van der Waals surface area (Å²) in [4.78, 5) is 30.8. The molecule has 2 aliphatic heterocycles. The van der Waals surface area contributed by atoms with Crippen molar-refractivity contribution in [2.75, 3.05) is 26.3 Å². The van der Waals surface area contributed by atoms with Crippen LogP contribution in [0, 0.1) is 5.41 Å². The van der Waals surface area contributed by atoms with Gasteiger partial charge < -0.3 is 14.4 Å². The molecule has 2 fully saturated rings. The molecule has 26 heavy (non-hydrogen) atoms. The number of carbonyl (C=O) groups is 1. The number of rotatable bonds is 4. The third kappa shape index (κ3) is 3.65. The molecule has 4 heterocycles. The summed E-state index contributed by atoms with van der Waals surface area (Å²) in [6.45, 7) is 3.45. The van der Waals surface area contributed by atoms with Crippen molar-refractivity contribution in [3.63, 3.8) is 0 Å². The van der Waals surface area contributed by atoms with Gasteiger partial charge in [-0.2, -0.15) is 0 Å². The molecule has 8 nitrogen and oxygen atoms in total. The van der Waals surface area contributed by atoms with Crippen LogP contribution < -0.4 is 4.74 Å². The number of ether oxygens (including phenoxy) is 2. The number of nitrogens with zero attached hydrogens (tertiary/aromatic N) is 5. The minimum Gasteiger partial charge on any atom is -0.458 e. The first kappa shape index (κ1) is 16.8. The second-order valence-electron chi connectivity index (χ2n) is 6.88. The first-order valence-corrected chi connectivity index (χ1v) is 8.80. The summed E-state index contributed by atoms with van der Waals surface area (Å²) in [6, 6.07) is 0.229. The largest absolute Gasteiger partial charge is 0.458 e. The molecule has 2 aliphatic rings. The predicted molar refractivity (Wildman–Crippen MR) is 91.4 cm³/mol. The zero-order chi connectivity index (χ0) is 17.8. The van der Waals surface area contributed by atoms with E-state index < -0.39 is 0 Å². The molecule has 2 aromatic heterocycles. The van der Waals surface area contributed by atoms with E-state index in [1.807, 2.05) is 4.90 Å². The molecule has 0 unspecified atom stereocenters. The van der Waals surface area contributed by atoms with Crippen molar-refractivity contribution in [1.82, 2.24) is 24.8 Å². The van der Waals surface area contributed by atoms with E-state index in [1.54, 1.807) is 12.4 Å². The van der Waals surface area contributed by atoms with Gasteiger partial charge in [0.2, 0.25) is 0 Å². The number of carbonyl (C=O) groups excluding carboxylic acids is 1. The maximum absolute atomic E-state index is 12.7. The standard InChI is InChI=1S/C18H21N5O3/c24-16(23-4-1-18(12-23)2-5-25-6-3-18)15-9-21-17(22-10-15)26-11-14-7-19-13-20-8-14/h7-10,13H,1-6,11-12H2. The van der Waals surface area contributed by atoms with E-state index in [-0.39, 0.29) is 23.9 Å². The van der Waals surface area contributed by atoms with Gasteiger partial charge in [-0.3, -0.25) is 4.79 Å². The molecule has 136 valence electrons. The highest BCUT2D eigenvalue weighted by Gasteiger charge is 2.41. The monoisotopic (exact) mass is 355 g/mol. The Labute approximate surface area is 151 Å². The van der Waals surface area contributed by atoms with Gasteiger partial charge in [-0.1, -0.05) is 0 Å². The first-order chi connectivity index (χ1) is 12.7. The molecule has 0 N–H and O–H groups in total. The highest BCUT2D eigenvalue weighted by Crippen LogP contribution is 2.40. The summed E-state index contributed by atoms with van der Waals surface area (Å²) in [7, 11) is 0. The molecule has 0 saturated carbocycles. The summed E-state index contributed by atoms with van der Waals surface area (Å²) in [5.74, 6) is -0.0172. The van der Waals surface area contributed by atoms with Crippen LogP contribution in [-0.4, -0.2) is 57.0 Å². The molecule has 8 heteroatoms. The fraction of sp³-hybridized carbons (Fsp3) is 0.500. The average Bonchev–Trinajstić information content (AvgIpc) is 3.11. The smallest absolute Gasteiger partial charge is 0.316 e. The minimum atomic E-state index is -0.0172. The minimum absolute atomic E-state index is 0.0172. The molecule has 4 rings (SSSR count). The van der Waals surface area contributed by atoms with Crippen molar-refractivity contribution in [2.45, 2.75) is 25.9 Å². The van der Waals surface area contributed by atoms with Gasteiger partial charge in [0.25, 0.3) is 5.91 Å². The lowest BCUT2D eigenvalue weighted by atomic mass is 9.80. The number of amides is 1. The van der Waals surface area contributed by atoms with Crippen LogP contribution in [0.25, 0.3) is 0 Å². The van der Waals surface area contributed by atoms with Crippen molar-refractivity contribution in [1.29, 1.82) is 0 Å². The zero-order valence-electron chi connectivity index (χ0n) is 14.5. The Morgan fingerprint density at radius 2 is 1.85 bits per heavy atom. The lowest BCUT2D eigenvalue weighted by molar-refractivity contribution is 0.0191. The number of hydrogen-bond acceptors (Lipinski definition) is 7. The molecular formula is C18H21N5O3. The Morgan fingerprint density at radius 1 is 1.12 bits per heavy atom. The van der Waals surface area contributed by atoms with E-state index in [9.17, 15) is 4.79 Å². The van der Waals surface area contributed by atoms with Gasteiger partial charge in [-0.25, -0.2) is 19.9 Å². The normalized spacial score (nSPS) is 18.8. The molecule has 0 aromatic carbocycles. The zero-order valence-corrected chi connectivity index (χ0v) is 14.5. The Balaban J connectivity index is 1.35. The summed E-state index contributed by atoms with van der Waals surface area (Å²) in [6.07, 6.45) is 11.0. The van der Waals surface area contributed by atoms with E-state index in [0.717, 1.165) is 51.1 Å². The van der Waals surface area contributed by atoms with Gasteiger partial charge in [0.05, 0.1) is 5.56 Å². The van der Waals surface area contributed by atoms with Crippen LogP contribution >= 0.6 is 0 Å². The SMILES string of the molecule is O=C(c1cnc(OCc2cncnc2)nc1)N1CCC2(CCOCC2)C1. The number of aromatic nitrogens is 4. The quantitative estimate of drug-likeness (QED) is 0.820. The second-order valence-corrected chi connectivity index (χ2v) is 6.88. The van der Waals surface area contributed by atoms with Gasteiger partial charge in [-0.15, -0.1) is 0 Å².